The number of hydrogen-bond acceptors (Lipinski definition) is 5. The van der Waals surface area contributed by atoms with E-state index in [2.05, 4.69) is 4.74 Å². The first-order chi connectivity index (χ1) is 9.36. The number of aliphatic carboxylic acids is 1. The normalized spacial score (nSPS) is 23.4. The van der Waals surface area contributed by atoms with Gasteiger partial charge in [-0.05, 0) is 26.2 Å². The van der Waals surface area contributed by atoms with Gasteiger partial charge in [-0.3, -0.25) is 9.69 Å². The molecule has 0 aromatic carbocycles. The van der Waals surface area contributed by atoms with Gasteiger partial charge in [0, 0.05) is 6.04 Å². The molecule has 1 saturated heterocycles. The predicted octanol–water partition coefficient (Wildman–Crippen LogP) is 0.286. The lowest BCUT2D eigenvalue weighted by Gasteiger charge is -2.26. The summed E-state index contributed by atoms with van der Waals surface area (Å²) >= 11 is 0. The van der Waals surface area contributed by atoms with E-state index in [4.69, 9.17) is 10.2 Å². The van der Waals surface area contributed by atoms with Crippen molar-refractivity contribution >= 4 is 18.0 Å². The number of amides is 1. The SMILES string of the molecule is CCOC(=O)CC(O)CC1CC[C@H](C(=O)O)N1C(=O)O. The van der Waals surface area contributed by atoms with Crippen molar-refractivity contribution < 1.29 is 34.4 Å². The van der Waals surface area contributed by atoms with Gasteiger partial charge in [0.1, 0.15) is 6.04 Å². The molecule has 3 atom stereocenters. The molecule has 1 fully saturated rings. The zero-order valence-electron chi connectivity index (χ0n) is 11.2. The van der Waals surface area contributed by atoms with Crippen molar-refractivity contribution in [3.05, 3.63) is 0 Å². The number of carboxylic acid groups (broad SMARTS) is 2. The fourth-order valence-corrected chi connectivity index (χ4v) is 2.46. The summed E-state index contributed by atoms with van der Waals surface area (Å²) in [4.78, 5) is 34.1. The molecule has 20 heavy (non-hydrogen) atoms. The van der Waals surface area contributed by atoms with Crippen molar-refractivity contribution in [3.8, 4) is 0 Å². The summed E-state index contributed by atoms with van der Waals surface area (Å²) < 4.78 is 4.69. The van der Waals surface area contributed by atoms with E-state index in [-0.39, 0.29) is 25.9 Å². The molecule has 1 aliphatic rings. The Morgan fingerprint density at radius 1 is 1.30 bits per heavy atom. The average Bonchev–Trinajstić information content (AvgIpc) is 2.72. The predicted molar refractivity (Wildman–Crippen MR) is 66.2 cm³/mol. The summed E-state index contributed by atoms with van der Waals surface area (Å²) in [6.45, 7) is 1.85. The van der Waals surface area contributed by atoms with E-state index in [0.29, 0.717) is 6.42 Å². The molecule has 0 radical (unpaired) electrons. The first-order valence-electron chi connectivity index (χ1n) is 6.44. The van der Waals surface area contributed by atoms with Crippen LogP contribution in [0.15, 0.2) is 0 Å². The van der Waals surface area contributed by atoms with Gasteiger partial charge in [-0.25, -0.2) is 9.59 Å². The van der Waals surface area contributed by atoms with Gasteiger partial charge in [-0.15, -0.1) is 0 Å². The Labute approximate surface area is 115 Å². The van der Waals surface area contributed by atoms with Gasteiger partial charge < -0.3 is 20.1 Å². The van der Waals surface area contributed by atoms with Crippen LogP contribution in [0.5, 0.6) is 0 Å². The minimum absolute atomic E-state index is 0.0227. The molecule has 114 valence electrons. The molecule has 0 bridgehead atoms. The highest BCUT2D eigenvalue weighted by molar-refractivity contribution is 5.80. The van der Waals surface area contributed by atoms with Crippen LogP contribution in [-0.2, 0) is 14.3 Å². The van der Waals surface area contributed by atoms with Crippen LogP contribution in [0.1, 0.15) is 32.6 Å². The third kappa shape index (κ3) is 4.09. The number of carbonyl (C=O) groups excluding carboxylic acids is 1. The molecule has 8 nitrogen and oxygen atoms in total. The summed E-state index contributed by atoms with van der Waals surface area (Å²) in [5.74, 6) is -1.76. The lowest BCUT2D eigenvalue weighted by Crippen LogP contribution is -2.45. The van der Waals surface area contributed by atoms with Crippen molar-refractivity contribution in [3.63, 3.8) is 0 Å². The standard InChI is InChI=1S/C12H19NO7/c1-2-20-10(15)6-8(14)5-7-3-4-9(11(16)17)13(7)12(18)19/h7-9,14H,2-6H2,1H3,(H,16,17)(H,18,19)/t7?,8?,9-/m1/s1. The zero-order chi connectivity index (χ0) is 15.3. The number of esters is 1. The van der Waals surface area contributed by atoms with E-state index < -0.39 is 36.2 Å². The van der Waals surface area contributed by atoms with Gasteiger partial charge in [0.05, 0.1) is 19.1 Å². The van der Waals surface area contributed by atoms with Crippen LogP contribution in [0.25, 0.3) is 0 Å². The molecule has 0 saturated carbocycles. The van der Waals surface area contributed by atoms with Crippen LogP contribution in [0.4, 0.5) is 4.79 Å². The number of rotatable bonds is 6. The van der Waals surface area contributed by atoms with E-state index in [1.165, 1.54) is 0 Å². The molecule has 3 N–H and O–H groups in total. The molecule has 2 unspecified atom stereocenters. The number of aliphatic hydroxyl groups excluding tert-OH is 1. The number of hydrogen-bond donors (Lipinski definition) is 3. The van der Waals surface area contributed by atoms with Crippen molar-refractivity contribution in [2.75, 3.05) is 6.61 Å². The fourth-order valence-electron chi connectivity index (χ4n) is 2.46. The van der Waals surface area contributed by atoms with Gasteiger partial charge in [0.15, 0.2) is 0 Å². The maximum Gasteiger partial charge on any atom is 0.408 e. The number of carbonyl (C=O) groups is 3. The maximum absolute atomic E-state index is 11.2. The van der Waals surface area contributed by atoms with Gasteiger partial charge in [-0.1, -0.05) is 0 Å². The van der Waals surface area contributed by atoms with Crippen LogP contribution in [0.3, 0.4) is 0 Å². The minimum atomic E-state index is -1.33. The van der Waals surface area contributed by atoms with Gasteiger partial charge >= 0.3 is 18.0 Å². The fraction of sp³-hybridized carbons (Fsp3) is 0.750. The summed E-state index contributed by atoms with van der Waals surface area (Å²) in [6, 6.07) is -1.69. The molecule has 1 aliphatic heterocycles. The molecule has 8 heteroatoms. The molecule has 0 spiro atoms. The van der Waals surface area contributed by atoms with Gasteiger partial charge in [-0.2, -0.15) is 0 Å². The lowest BCUT2D eigenvalue weighted by molar-refractivity contribution is -0.146. The van der Waals surface area contributed by atoms with Crippen molar-refractivity contribution in [2.24, 2.45) is 0 Å². The van der Waals surface area contributed by atoms with E-state index in [9.17, 15) is 19.5 Å². The van der Waals surface area contributed by atoms with Crippen molar-refractivity contribution in [2.45, 2.75) is 50.8 Å². The smallest absolute Gasteiger partial charge is 0.408 e. The maximum atomic E-state index is 11.2. The highest BCUT2D eigenvalue weighted by atomic mass is 16.5. The molecule has 1 heterocycles. The van der Waals surface area contributed by atoms with Crippen LogP contribution in [-0.4, -0.2) is 63.0 Å². The number of aliphatic hydroxyl groups is 1. The summed E-state index contributed by atoms with van der Waals surface area (Å²) in [5.41, 5.74) is 0. The van der Waals surface area contributed by atoms with Gasteiger partial charge in [0.2, 0.25) is 0 Å². The third-order valence-electron chi connectivity index (χ3n) is 3.26. The van der Waals surface area contributed by atoms with E-state index in [0.717, 1.165) is 4.90 Å². The number of nitrogens with zero attached hydrogens (tertiary/aromatic N) is 1. The Morgan fingerprint density at radius 3 is 2.45 bits per heavy atom. The number of ether oxygens (including phenoxy) is 1. The Balaban J connectivity index is 2.60. The van der Waals surface area contributed by atoms with Crippen molar-refractivity contribution in [1.29, 1.82) is 0 Å². The summed E-state index contributed by atoms with van der Waals surface area (Å²) in [6.07, 6.45) is -2.02. The lowest BCUT2D eigenvalue weighted by atomic mass is 10.0. The number of likely N-dealkylation sites (tertiary alicyclic amines) is 1. The largest absolute Gasteiger partial charge is 0.480 e. The molecule has 0 aliphatic carbocycles. The van der Waals surface area contributed by atoms with Crippen LogP contribution in [0, 0.1) is 0 Å². The second kappa shape index (κ2) is 7.09. The van der Waals surface area contributed by atoms with E-state index in [1.54, 1.807) is 6.92 Å². The summed E-state index contributed by atoms with van der Waals surface area (Å²) in [7, 11) is 0. The molecule has 1 amide bonds. The molecule has 1 rings (SSSR count). The second-order valence-electron chi connectivity index (χ2n) is 4.67. The Kier molecular flexibility index (Phi) is 5.75. The van der Waals surface area contributed by atoms with Gasteiger partial charge in [0.25, 0.3) is 0 Å². The van der Waals surface area contributed by atoms with Crippen LogP contribution >= 0.6 is 0 Å². The highest BCUT2D eigenvalue weighted by Crippen LogP contribution is 2.28. The molecule has 0 aromatic rings. The topological polar surface area (TPSA) is 124 Å². The van der Waals surface area contributed by atoms with E-state index in [1.807, 2.05) is 0 Å². The van der Waals surface area contributed by atoms with Crippen LogP contribution < -0.4 is 0 Å². The Bertz CT molecular complexity index is 384. The molecular weight excluding hydrogens is 270 g/mol. The third-order valence-corrected chi connectivity index (χ3v) is 3.26. The minimum Gasteiger partial charge on any atom is -0.480 e. The highest BCUT2D eigenvalue weighted by Gasteiger charge is 2.41. The monoisotopic (exact) mass is 289 g/mol. The van der Waals surface area contributed by atoms with Crippen LogP contribution in [0.2, 0.25) is 0 Å². The Morgan fingerprint density at radius 2 is 1.95 bits per heavy atom. The summed E-state index contributed by atoms with van der Waals surface area (Å²) in [5, 5.41) is 27.8. The van der Waals surface area contributed by atoms with Crippen molar-refractivity contribution in [1.82, 2.24) is 4.90 Å². The average molecular weight is 289 g/mol. The zero-order valence-corrected chi connectivity index (χ0v) is 11.2. The molecular formula is C12H19NO7. The quantitative estimate of drug-likeness (QED) is 0.600. The molecule has 0 aromatic heterocycles. The van der Waals surface area contributed by atoms with E-state index >= 15 is 0 Å². The second-order valence-corrected chi connectivity index (χ2v) is 4.67. The first-order valence-corrected chi connectivity index (χ1v) is 6.44. The Hall–Kier alpha value is -1.83. The first kappa shape index (κ1) is 16.2. The number of carboxylic acids is 1.